The molecule has 0 aromatic carbocycles. The molecule has 0 fully saturated rings. The van der Waals surface area contributed by atoms with Crippen molar-refractivity contribution < 1.29 is 4.79 Å². The first-order chi connectivity index (χ1) is 10.3. The molecule has 0 aliphatic carbocycles. The van der Waals surface area contributed by atoms with Crippen LogP contribution < -0.4 is 5.32 Å². The van der Waals surface area contributed by atoms with Crippen LogP contribution in [0.4, 0.5) is 0 Å². The fraction of sp³-hybridized carbons (Fsp3) is 0.0714. The van der Waals surface area contributed by atoms with Crippen LogP contribution in [0.5, 0.6) is 0 Å². The van der Waals surface area contributed by atoms with Crippen molar-refractivity contribution in [2.45, 2.75) is 6.54 Å². The lowest BCUT2D eigenvalue weighted by atomic mass is 10.3. The normalized spacial score (nSPS) is 10.3. The average molecular weight is 280 g/mol. The Balaban J connectivity index is 1.64. The van der Waals surface area contributed by atoms with E-state index >= 15 is 0 Å². The van der Waals surface area contributed by atoms with Gasteiger partial charge in [-0.05, 0) is 24.3 Å². The van der Waals surface area contributed by atoms with E-state index in [4.69, 9.17) is 0 Å². The standard InChI is InChI=1S/C14H12N6O/c21-14(13-3-1-2-6-16-13)17-9-11-10-20(19-18-11)12-4-7-15-8-5-12/h1-8,10H,9H2,(H,17,21). The number of hydrogen-bond acceptors (Lipinski definition) is 5. The molecule has 1 N–H and O–H groups in total. The van der Waals surface area contributed by atoms with Crippen LogP contribution >= 0.6 is 0 Å². The number of pyridine rings is 2. The molecule has 0 saturated carbocycles. The van der Waals surface area contributed by atoms with Gasteiger partial charge in [-0.2, -0.15) is 0 Å². The molecule has 3 aromatic rings. The van der Waals surface area contributed by atoms with Gasteiger partial charge in [-0.3, -0.25) is 14.8 Å². The van der Waals surface area contributed by atoms with Gasteiger partial charge < -0.3 is 5.32 Å². The summed E-state index contributed by atoms with van der Waals surface area (Å²) in [4.78, 5) is 19.8. The summed E-state index contributed by atoms with van der Waals surface area (Å²) in [5.41, 5.74) is 1.90. The highest BCUT2D eigenvalue weighted by atomic mass is 16.1. The SMILES string of the molecule is O=C(NCc1cn(-c2ccncc2)nn1)c1ccccn1. The third-order valence-electron chi connectivity index (χ3n) is 2.80. The second kappa shape index (κ2) is 5.91. The van der Waals surface area contributed by atoms with E-state index in [1.54, 1.807) is 47.7 Å². The summed E-state index contributed by atoms with van der Waals surface area (Å²) in [7, 11) is 0. The van der Waals surface area contributed by atoms with Gasteiger partial charge in [0, 0.05) is 18.6 Å². The molecule has 0 radical (unpaired) electrons. The Labute approximate surface area is 120 Å². The van der Waals surface area contributed by atoms with Crippen molar-refractivity contribution in [3.8, 4) is 5.69 Å². The van der Waals surface area contributed by atoms with E-state index in [-0.39, 0.29) is 5.91 Å². The molecule has 0 aliphatic heterocycles. The van der Waals surface area contributed by atoms with Gasteiger partial charge in [-0.1, -0.05) is 11.3 Å². The molecular formula is C14H12N6O. The van der Waals surface area contributed by atoms with Crippen LogP contribution in [0, 0.1) is 0 Å². The number of rotatable bonds is 4. The Morgan fingerprint density at radius 3 is 2.76 bits per heavy atom. The quantitative estimate of drug-likeness (QED) is 0.770. The maximum atomic E-state index is 11.9. The van der Waals surface area contributed by atoms with Gasteiger partial charge in [0.25, 0.3) is 5.91 Å². The van der Waals surface area contributed by atoms with Crippen LogP contribution in [-0.2, 0) is 6.54 Å². The van der Waals surface area contributed by atoms with Gasteiger partial charge in [-0.25, -0.2) is 4.68 Å². The molecule has 3 rings (SSSR count). The molecule has 0 spiro atoms. The van der Waals surface area contributed by atoms with Gasteiger partial charge in [0.2, 0.25) is 0 Å². The largest absolute Gasteiger partial charge is 0.345 e. The summed E-state index contributed by atoms with van der Waals surface area (Å²) >= 11 is 0. The number of amides is 1. The molecule has 0 bridgehead atoms. The van der Waals surface area contributed by atoms with Crippen LogP contribution in [0.15, 0.2) is 55.1 Å². The van der Waals surface area contributed by atoms with Crippen molar-refractivity contribution in [3.63, 3.8) is 0 Å². The van der Waals surface area contributed by atoms with Crippen molar-refractivity contribution in [2.75, 3.05) is 0 Å². The number of carbonyl (C=O) groups excluding carboxylic acids is 1. The minimum absolute atomic E-state index is 0.242. The summed E-state index contributed by atoms with van der Waals surface area (Å²) in [5, 5.41) is 10.8. The molecule has 0 atom stereocenters. The minimum Gasteiger partial charge on any atom is -0.345 e. The second-order valence-corrected chi connectivity index (χ2v) is 4.26. The lowest BCUT2D eigenvalue weighted by molar-refractivity contribution is 0.0945. The second-order valence-electron chi connectivity index (χ2n) is 4.26. The van der Waals surface area contributed by atoms with Crippen LogP contribution in [0.1, 0.15) is 16.2 Å². The fourth-order valence-corrected chi connectivity index (χ4v) is 1.76. The number of nitrogens with zero attached hydrogens (tertiary/aromatic N) is 5. The van der Waals surface area contributed by atoms with Crippen molar-refractivity contribution >= 4 is 5.91 Å². The first-order valence-electron chi connectivity index (χ1n) is 6.34. The molecule has 7 heteroatoms. The maximum absolute atomic E-state index is 11.9. The molecule has 3 aromatic heterocycles. The summed E-state index contributed by atoms with van der Waals surface area (Å²) < 4.78 is 1.63. The van der Waals surface area contributed by atoms with Crippen LogP contribution in [-0.4, -0.2) is 30.9 Å². The van der Waals surface area contributed by atoms with Gasteiger partial charge in [0.15, 0.2) is 0 Å². The Hall–Kier alpha value is -3.09. The number of carbonyl (C=O) groups is 1. The number of hydrogen-bond donors (Lipinski definition) is 1. The maximum Gasteiger partial charge on any atom is 0.270 e. The van der Waals surface area contributed by atoms with E-state index in [0.29, 0.717) is 17.9 Å². The summed E-state index contributed by atoms with van der Waals surface area (Å²) in [6.07, 6.45) is 6.70. The molecule has 21 heavy (non-hydrogen) atoms. The number of aromatic nitrogens is 5. The summed E-state index contributed by atoms with van der Waals surface area (Å²) in [5.74, 6) is -0.242. The summed E-state index contributed by atoms with van der Waals surface area (Å²) in [6.45, 7) is 0.292. The van der Waals surface area contributed by atoms with Gasteiger partial charge in [0.05, 0.1) is 18.4 Å². The Bertz CT molecular complexity index is 725. The van der Waals surface area contributed by atoms with E-state index in [0.717, 1.165) is 5.69 Å². The van der Waals surface area contributed by atoms with E-state index in [1.165, 1.54) is 0 Å². The summed E-state index contributed by atoms with van der Waals surface area (Å²) in [6, 6.07) is 8.83. The van der Waals surface area contributed by atoms with Crippen molar-refractivity contribution in [1.29, 1.82) is 0 Å². The van der Waals surface area contributed by atoms with E-state index in [2.05, 4.69) is 25.6 Å². The van der Waals surface area contributed by atoms with Gasteiger partial charge in [-0.15, -0.1) is 5.10 Å². The highest BCUT2D eigenvalue weighted by Gasteiger charge is 2.08. The van der Waals surface area contributed by atoms with Crippen LogP contribution in [0.3, 0.4) is 0 Å². The molecule has 7 nitrogen and oxygen atoms in total. The minimum atomic E-state index is -0.242. The van der Waals surface area contributed by atoms with Crippen molar-refractivity contribution in [3.05, 3.63) is 66.5 Å². The lowest BCUT2D eigenvalue weighted by Crippen LogP contribution is -2.23. The Kier molecular flexibility index (Phi) is 3.64. The first kappa shape index (κ1) is 12.9. The molecule has 104 valence electrons. The van der Waals surface area contributed by atoms with Gasteiger partial charge >= 0.3 is 0 Å². The monoisotopic (exact) mass is 280 g/mol. The smallest absolute Gasteiger partial charge is 0.270 e. The lowest BCUT2D eigenvalue weighted by Gasteiger charge is -2.01. The first-order valence-corrected chi connectivity index (χ1v) is 6.34. The molecular weight excluding hydrogens is 268 g/mol. The topological polar surface area (TPSA) is 85.6 Å². The molecule has 0 aliphatic rings. The predicted octanol–water partition coefficient (Wildman–Crippen LogP) is 0.987. The van der Waals surface area contributed by atoms with E-state index in [1.807, 2.05) is 12.1 Å². The van der Waals surface area contributed by atoms with Crippen molar-refractivity contribution in [2.24, 2.45) is 0 Å². The molecule has 1 amide bonds. The van der Waals surface area contributed by atoms with Crippen LogP contribution in [0.2, 0.25) is 0 Å². The van der Waals surface area contributed by atoms with Crippen LogP contribution in [0.25, 0.3) is 5.69 Å². The van der Waals surface area contributed by atoms with Gasteiger partial charge in [0.1, 0.15) is 11.4 Å². The highest BCUT2D eigenvalue weighted by molar-refractivity contribution is 5.92. The zero-order chi connectivity index (χ0) is 14.5. The van der Waals surface area contributed by atoms with E-state index < -0.39 is 0 Å². The molecule has 0 saturated heterocycles. The Morgan fingerprint density at radius 1 is 1.14 bits per heavy atom. The highest BCUT2D eigenvalue weighted by Crippen LogP contribution is 2.04. The zero-order valence-electron chi connectivity index (χ0n) is 11.0. The molecule has 3 heterocycles. The van der Waals surface area contributed by atoms with Crippen molar-refractivity contribution in [1.82, 2.24) is 30.3 Å². The number of nitrogens with one attached hydrogen (secondary N) is 1. The average Bonchev–Trinajstić information content (AvgIpc) is 3.03. The Morgan fingerprint density at radius 2 is 2.00 bits per heavy atom. The predicted molar refractivity (Wildman–Crippen MR) is 74.6 cm³/mol. The molecule has 0 unspecified atom stereocenters. The fourth-order valence-electron chi connectivity index (χ4n) is 1.76. The zero-order valence-corrected chi connectivity index (χ0v) is 11.0. The van der Waals surface area contributed by atoms with E-state index in [9.17, 15) is 4.79 Å². The third kappa shape index (κ3) is 3.08. The third-order valence-corrected chi connectivity index (χ3v) is 2.80.